The van der Waals surface area contributed by atoms with Gasteiger partial charge < -0.3 is 5.73 Å². The standard InChI is InChI=1S/C12H19NS/c1-4-9(2)14-12-7-5-11(6-8-12)10(3)13/h5-10H,4,13H2,1-3H3/t9?,10-/m0/s1. The van der Waals surface area contributed by atoms with Gasteiger partial charge in [-0.2, -0.15) is 0 Å². The highest BCUT2D eigenvalue weighted by molar-refractivity contribution is 7.99. The first-order valence-electron chi connectivity index (χ1n) is 5.15. The SMILES string of the molecule is CCC(C)Sc1ccc([C@H](C)N)cc1. The lowest BCUT2D eigenvalue weighted by atomic mass is 10.1. The van der Waals surface area contributed by atoms with E-state index in [1.807, 2.05) is 18.7 Å². The summed E-state index contributed by atoms with van der Waals surface area (Å²) in [5.41, 5.74) is 6.99. The van der Waals surface area contributed by atoms with Gasteiger partial charge >= 0.3 is 0 Å². The van der Waals surface area contributed by atoms with Gasteiger partial charge in [0.1, 0.15) is 0 Å². The van der Waals surface area contributed by atoms with E-state index >= 15 is 0 Å². The zero-order chi connectivity index (χ0) is 10.6. The molecule has 0 aromatic heterocycles. The van der Waals surface area contributed by atoms with Crippen molar-refractivity contribution in [2.45, 2.75) is 43.4 Å². The number of hydrogen-bond acceptors (Lipinski definition) is 2. The number of hydrogen-bond donors (Lipinski definition) is 1. The van der Waals surface area contributed by atoms with Gasteiger partial charge in [0, 0.05) is 16.2 Å². The molecule has 0 saturated heterocycles. The first-order chi connectivity index (χ1) is 6.63. The van der Waals surface area contributed by atoms with E-state index < -0.39 is 0 Å². The average Bonchev–Trinajstić information content (AvgIpc) is 2.18. The molecule has 1 nitrogen and oxygen atoms in total. The van der Waals surface area contributed by atoms with Gasteiger partial charge in [-0.1, -0.05) is 26.0 Å². The Bertz CT molecular complexity index is 266. The maximum atomic E-state index is 5.78. The third-order valence-corrected chi connectivity index (χ3v) is 3.60. The van der Waals surface area contributed by atoms with Crippen LogP contribution >= 0.6 is 11.8 Å². The van der Waals surface area contributed by atoms with Gasteiger partial charge in [-0.15, -0.1) is 11.8 Å². The van der Waals surface area contributed by atoms with Crippen molar-refractivity contribution in [2.75, 3.05) is 0 Å². The molecule has 0 radical (unpaired) electrons. The van der Waals surface area contributed by atoms with E-state index in [0.29, 0.717) is 5.25 Å². The summed E-state index contributed by atoms with van der Waals surface area (Å²) in [5.74, 6) is 0. The van der Waals surface area contributed by atoms with Crippen LogP contribution in [0.15, 0.2) is 29.2 Å². The van der Waals surface area contributed by atoms with Gasteiger partial charge in [-0.05, 0) is 31.0 Å². The predicted molar refractivity (Wildman–Crippen MR) is 64.7 cm³/mol. The van der Waals surface area contributed by atoms with E-state index in [1.54, 1.807) is 0 Å². The highest BCUT2D eigenvalue weighted by atomic mass is 32.2. The highest BCUT2D eigenvalue weighted by Gasteiger charge is 2.02. The smallest absolute Gasteiger partial charge is 0.0266 e. The second kappa shape index (κ2) is 5.42. The van der Waals surface area contributed by atoms with Gasteiger partial charge in [0.05, 0.1) is 0 Å². The number of thioether (sulfide) groups is 1. The van der Waals surface area contributed by atoms with Crippen molar-refractivity contribution >= 4 is 11.8 Å². The lowest BCUT2D eigenvalue weighted by Gasteiger charge is -2.10. The Hall–Kier alpha value is -0.470. The summed E-state index contributed by atoms with van der Waals surface area (Å²) in [4.78, 5) is 1.34. The third kappa shape index (κ3) is 3.35. The summed E-state index contributed by atoms with van der Waals surface area (Å²) < 4.78 is 0. The average molecular weight is 209 g/mol. The van der Waals surface area contributed by atoms with Crippen LogP contribution in [0.5, 0.6) is 0 Å². The molecule has 0 spiro atoms. The van der Waals surface area contributed by atoms with Crippen molar-refractivity contribution in [3.05, 3.63) is 29.8 Å². The van der Waals surface area contributed by atoms with Crippen molar-refractivity contribution < 1.29 is 0 Å². The minimum Gasteiger partial charge on any atom is -0.324 e. The van der Waals surface area contributed by atoms with Gasteiger partial charge in [0.2, 0.25) is 0 Å². The molecule has 0 saturated carbocycles. The van der Waals surface area contributed by atoms with E-state index in [0.717, 1.165) is 0 Å². The van der Waals surface area contributed by atoms with Gasteiger partial charge in [-0.25, -0.2) is 0 Å². The maximum absolute atomic E-state index is 5.78. The minimum absolute atomic E-state index is 0.137. The molecule has 1 rings (SSSR count). The quantitative estimate of drug-likeness (QED) is 0.767. The fourth-order valence-corrected chi connectivity index (χ4v) is 2.09. The molecule has 1 aromatic carbocycles. The molecule has 78 valence electrons. The molecule has 0 aliphatic carbocycles. The lowest BCUT2D eigenvalue weighted by Crippen LogP contribution is -2.04. The largest absolute Gasteiger partial charge is 0.324 e. The van der Waals surface area contributed by atoms with Crippen molar-refractivity contribution in [3.8, 4) is 0 Å². The molecule has 0 heterocycles. The molecule has 0 fully saturated rings. The zero-order valence-corrected chi connectivity index (χ0v) is 9.97. The topological polar surface area (TPSA) is 26.0 Å². The monoisotopic (exact) mass is 209 g/mol. The summed E-state index contributed by atoms with van der Waals surface area (Å²) in [7, 11) is 0. The van der Waals surface area contributed by atoms with Crippen LogP contribution in [0.1, 0.15) is 38.8 Å². The summed E-state index contributed by atoms with van der Waals surface area (Å²) in [5, 5.41) is 0.691. The second-order valence-electron chi connectivity index (χ2n) is 3.69. The number of benzene rings is 1. The zero-order valence-electron chi connectivity index (χ0n) is 9.16. The van der Waals surface area contributed by atoms with Crippen LogP contribution in [0.4, 0.5) is 0 Å². The Balaban J connectivity index is 2.64. The molecule has 2 N–H and O–H groups in total. The van der Waals surface area contributed by atoms with E-state index in [2.05, 4.69) is 38.1 Å². The van der Waals surface area contributed by atoms with E-state index in [1.165, 1.54) is 16.9 Å². The van der Waals surface area contributed by atoms with Gasteiger partial charge in [0.15, 0.2) is 0 Å². The third-order valence-electron chi connectivity index (χ3n) is 2.32. The Morgan fingerprint density at radius 2 is 1.79 bits per heavy atom. The summed E-state index contributed by atoms with van der Waals surface area (Å²) >= 11 is 1.92. The van der Waals surface area contributed by atoms with Crippen LogP contribution in [0.25, 0.3) is 0 Å². The molecule has 1 unspecified atom stereocenters. The van der Waals surface area contributed by atoms with Gasteiger partial charge in [0.25, 0.3) is 0 Å². The fraction of sp³-hybridized carbons (Fsp3) is 0.500. The van der Waals surface area contributed by atoms with Crippen molar-refractivity contribution in [3.63, 3.8) is 0 Å². The molecule has 0 aliphatic rings. The van der Waals surface area contributed by atoms with Crippen LogP contribution in [-0.4, -0.2) is 5.25 Å². The molecule has 1 aromatic rings. The normalized spacial score (nSPS) is 15.1. The van der Waals surface area contributed by atoms with Crippen molar-refractivity contribution in [1.82, 2.24) is 0 Å². The summed E-state index contributed by atoms with van der Waals surface area (Å²) in [6, 6.07) is 8.70. The number of nitrogens with two attached hydrogens (primary N) is 1. The van der Waals surface area contributed by atoms with E-state index in [4.69, 9.17) is 5.73 Å². The van der Waals surface area contributed by atoms with E-state index in [-0.39, 0.29) is 6.04 Å². The molecule has 0 aliphatic heterocycles. The van der Waals surface area contributed by atoms with Crippen LogP contribution in [0.2, 0.25) is 0 Å². The second-order valence-corrected chi connectivity index (χ2v) is 5.21. The Kier molecular flexibility index (Phi) is 4.49. The molecular weight excluding hydrogens is 190 g/mol. The Labute approximate surface area is 91.1 Å². The Morgan fingerprint density at radius 1 is 1.21 bits per heavy atom. The van der Waals surface area contributed by atoms with Crippen molar-refractivity contribution in [2.24, 2.45) is 5.73 Å². The number of rotatable bonds is 4. The van der Waals surface area contributed by atoms with Crippen LogP contribution in [-0.2, 0) is 0 Å². The summed E-state index contributed by atoms with van der Waals surface area (Å²) in [6.45, 7) is 6.48. The van der Waals surface area contributed by atoms with Crippen LogP contribution < -0.4 is 5.73 Å². The molecule has 14 heavy (non-hydrogen) atoms. The van der Waals surface area contributed by atoms with E-state index in [9.17, 15) is 0 Å². The molecular formula is C12H19NS. The maximum Gasteiger partial charge on any atom is 0.0266 e. The molecule has 0 amide bonds. The Morgan fingerprint density at radius 3 is 2.21 bits per heavy atom. The highest BCUT2D eigenvalue weighted by Crippen LogP contribution is 2.25. The van der Waals surface area contributed by atoms with Crippen LogP contribution in [0.3, 0.4) is 0 Å². The van der Waals surface area contributed by atoms with Crippen LogP contribution in [0, 0.1) is 0 Å². The first kappa shape index (κ1) is 11.6. The molecule has 2 heteroatoms. The fourth-order valence-electron chi connectivity index (χ4n) is 1.17. The predicted octanol–water partition coefficient (Wildman–Crippen LogP) is 3.60. The molecule has 0 bridgehead atoms. The van der Waals surface area contributed by atoms with Crippen molar-refractivity contribution in [1.29, 1.82) is 0 Å². The van der Waals surface area contributed by atoms with Gasteiger partial charge in [-0.3, -0.25) is 0 Å². The lowest BCUT2D eigenvalue weighted by molar-refractivity contribution is 0.816. The first-order valence-corrected chi connectivity index (χ1v) is 6.03. The molecule has 2 atom stereocenters. The minimum atomic E-state index is 0.137. The summed E-state index contributed by atoms with van der Waals surface area (Å²) in [6.07, 6.45) is 1.21.